The zero-order valence-electron chi connectivity index (χ0n) is 18.6. The molecule has 0 spiro atoms. The third kappa shape index (κ3) is 5.36. The van der Waals surface area contributed by atoms with Crippen LogP contribution >= 0.6 is 0 Å². The summed E-state index contributed by atoms with van der Waals surface area (Å²) >= 11 is 0. The van der Waals surface area contributed by atoms with E-state index in [1.54, 1.807) is 16.7 Å². The van der Waals surface area contributed by atoms with E-state index in [0.717, 1.165) is 29.1 Å². The van der Waals surface area contributed by atoms with Crippen molar-refractivity contribution >= 4 is 6.03 Å². The average Bonchev–Trinajstić information content (AvgIpc) is 3.09. The third-order valence-electron chi connectivity index (χ3n) is 4.87. The number of nitrogens with zero attached hydrogens (tertiary/aromatic N) is 3. The highest BCUT2D eigenvalue weighted by molar-refractivity contribution is 5.74. The molecule has 0 bridgehead atoms. The Balaban J connectivity index is 2.02. The molecule has 1 N–H and O–H groups in total. The van der Waals surface area contributed by atoms with Gasteiger partial charge in [-0.05, 0) is 56.7 Å². The first kappa shape index (κ1) is 22.2. The van der Waals surface area contributed by atoms with Crippen molar-refractivity contribution in [2.45, 2.75) is 33.7 Å². The van der Waals surface area contributed by atoms with Crippen LogP contribution in [-0.2, 0) is 6.54 Å². The molecule has 1 heterocycles. The molecule has 0 aliphatic carbocycles. The molecule has 7 nitrogen and oxygen atoms in total. The van der Waals surface area contributed by atoms with E-state index >= 15 is 0 Å². The number of methoxy groups -OCH3 is 1. The number of hydrogen-bond acceptors (Lipinski definition) is 4. The number of urea groups is 1. The van der Waals surface area contributed by atoms with Gasteiger partial charge in [0.2, 0.25) is 5.88 Å². The zero-order valence-corrected chi connectivity index (χ0v) is 18.6. The Morgan fingerprint density at radius 1 is 1.06 bits per heavy atom. The standard InChI is InChI=1S/C24H30N4O3/c1-5-16-27(24(29)25-6-2)17-22-18(3)26-28(19-10-8-7-9-11-19)23(22)31-21-14-12-20(30-4)13-15-21/h7-15H,5-6,16-17H2,1-4H3,(H,25,29). The van der Waals surface area contributed by atoms with Crippen LogP contribution in [0.4, 0.5) is 4.79 Å². The molecule has 0 saturated carbocycles. The van der Waals surface area contributed by atoms with Crippen LogP contribution in [0.5, 0.6) is 17.4 Å². The normalized spacial score (nSPS) is 10.6. The fourth-order valence-electron chi connectivity index (χ4n) is 3.30. The van der Waals surface area contributed by atoms with Crippen molar-refractivity contribution in [1.29, 1.82) is 0 Å². The van der Waals surface area contributed by atoms with Gasteiger partial charge in [-0.15, -0.1) is 0 Å². The second-order valence-corrected chi connectivity index (χ2v) is 7.15. The summed E-state index contributed by atoms with van der Waals surface area (Å²) in [6.07, 6.45) is 0.859. The van der Waals surface area contributed by atoms with Crippen molar-refractivity contribution in [2.24, 2.45) is 0 Å². The number of aromatic nitrogens is 2. The summed E-state index contributed by atoms with van der Waals surface area (Å²) in [6, 6.07) is 17.2. The summed E-state index contributed by atoms with van der Waals surface area (Å²) in [5, 5.41) is 7.63. The van der Waals surface area contributed by atoms with Gasteiger partial charge in [-0.3, -0.25) is 0 Å². The smallest absolute Gasteiger partial charge is 0.317 e. The summed E-state index contributed by atoms with van der Waals surface area (Å²) in [5.41, 5.74) is 2.58. The zero-order chi connectivity index (χ0) is 22.2. The van der Waals surface area contributed by atoms with Crippen LogP contribution in [0.15, 0.2) is 54.6 Å². The van der Waals surface area contributed by atoms with Crippen LogP contribution in [-0.4, -0.2) is 40.9 Å². The molecule has 0 aliphatic rings. The monoisotopic (exact) mass is 422 g/mol. The van der Waals surface area contributed by atoms with Crippen LogP contribution in [0.25, 0.3) is 5.69 Å². The van der Waals surface area contributed by atoms with Crippen molar-refractivity contribution in [1.82, 2.24) is 20.0 Å². The molecule has 0 radical (unpaired) electrons. The summed E-state index contributed by atoms with van der Waals surface area (Å²) in [7, 11) is 1.63. The maximum absolute atomic E-state index is 12.6. The number of carbonyl (C=O) groups is 1. The molecular weight excluding hydrogens is 392 g/mol. The van der Waals surface area contributed by atoms with Gasteiger partial charge in [-0.1, -0.05) is 25.1 Å². The maximum atomic E-state index is 12.6. The van der Waals surface area contributed by atoms with Crippen molar-refractivity contribution in [3.8, 4) is 23.1 Å². The highest BCUT2D eigenvalue weighted by Crippen LogP contribution is 2.32. The second kappa shape index (κ2) is 10.5. The summed E-state index contributed by atoms with van der Waals surface area (Å²) in [6.45, 7) is 7.54. The number of aryl methyl sites for hydroxylation is 1. The number of amides is 2. The van der Waals surface area contributed by atoms with E-state index in [-0.39, 0.29) is 6.03 Å². The second-order valence-electron chi connectivity index (χ2n) is 7.15. The Hall–Kier alpha value is -3.48. The Morgan fingerprint density at radius 3 is 2.35 bits per heavy atom. The number of rotatable bonds is 9. The van der Waals surface area contributed by atoms with Crippen molar-refractivity contribution in [3.05, 3.63) is 65.9 Å². The Kier molecular flexibility index (Phi) is 7.54. The Labute approximate surface area is 183 Å². The fraction of sp³-hybridized carbons (Fsp3) is 0.333. The molecule has 0 atom stereocenters. The minimum atomic E-state index is -0.0911. The van der Waals surface area contributed by atoms with E-state index in [1.807, 2.05) is 68.4 Å². The minimum Gasteiger partial charge on any atom is -0.497 e. The molecule has 3 aromatic rings. The van der Waals surface area contributed by atoms with E-state index in [9.17, 15) is 4.79 Å². The van der Waals surface area contributed by atoms with Crippen LogP contribution in [0.3, 0.4) is 0 Å². The molecule has 2 amide bonds. The minimum absolute atomic E-state index is 0.0911. The number of nitrogens with one attached hydrogen (secondary N) is 1. The SMILES string of the molecule is CCCN(Cc1c(C)nn(-c2ccccc2)c1Oc1ccc(OC)cc1)C(=O)NCC. The number of para-hydroxylation sites is 1. The molecule has 0 saturated heterocycles. The Morgan fingerprint density at radius 2 is 1.74 bits per heavy atom. The summed E-state index contributed by atoms with van der Waals surface area (Å²) in [5.74, 6) is 2.02. The first-order valence-electron chi connectivity index (χ1n) is 10.6. The van der Waals surface area contributed by atoms with Crippen molar-refractivity contribution in [3.63, 3.8) is 0 Å². The van der Waals surface area contributed by atoms with Gasteiger partial charge in [0.05, 0.1) is 30.6 Å². The highest BCUT2D eigenvalue weighted by Gasteiger charge is 2.23. The maximum Gasteiger partial charge on any atom is 0.317 e. The first-order valence-corrected chi connectivity index (χ1v) is 10.6. The molecule has 31 heavy (non-hydrogen) atoms. The summed E-state index contributed by atoms with van der Waals surface area (Å²) < 4.78 is 13.4. The topological polar surface area (TPSA) is 68.6 Å². The van der Waals surface area contributed by atoms with Gasteiger partial charge >= 0.3 is 6.03 Å². The molecule has 7 heteroatoms. The lowest BCUT2D eigenvalue weighted by atomic mass is 10.2. The average molecular weight is 423 g/mol. The predicted octanol–water partition coefficient (Wildman–Crippen LogP) is 4.92. The van der Waals surface area contributed by atoms with Gasteiger partial charge < -0.3 is 19.7 Å². The van der Waals surface area contributed by atoms with Crippen molar-refractivity contribution in [2.75, 3.05) is 20.2 Å². The Bertz CT molecular complexity index is 984. The third-order valence-corrected chi connectivity index (χ3v) is 4.87. The van der Waals surface area contributed by atoms with E-state index in [4.69, 9.17) is 14.6 Å². The van der Waals surface area contributed by atoms with E-state index in [0.29, 0.717) is 31.3 Å². The molecule has 0 unspecified atom stereocenters. The first-order chi connectivity index (χ1) is 15.1. The molecule has 1 aromatic heterocycles. The van der Waals surface area contributed by atoms with E-state index < -0.39 is 0 Å². The van der Waals surface area contributed by atoms with Crippen LogP contribution in [0, 0.1) is 6.92 Å². The van der Waals surface area contributed by atoms with Crippen LogP contribution in [0.2, 0.25) is 0 Å². The van der Waals surface area contributed by atoms with Gasteiger partial charge in [0.15, 0.2) is 0 Å². The van der Waals surface area contributed by atoms with Gasteiger partial charge in [0.25, 0.3) is 0 Å². The van der Waals surface area contributed by atoms with Gasteiger partial charge in [-0.2, -0.15) is 5.10 Å². The van der Waals surface area contributed by atoms with Crippen molar-refractivity contribution < 1.29 is 14.3 Å². The number of hydrogen-bond donors (Lipinski definition) is 1. The molecular formula is C24H30N4O3. The molecule has 2 aromatic carbocycles. The van der Waals surface area contributed by atoms with Gasteiger partial charge in [0, 0.05) is 13.1 Å². The largest absolute Gasteiger partial charge is 0.497 e. The number of ether oxygens (including phenoxy) is 2. The fourth-order valence-corrected chi connectivity index (χ4v) is 3.30. The lowest BCUT2D eigenvalue weighted by Gasteiger charge is -2.23. The number of carbonyl (C=O) groups excluding carboxylic acids is 1. The molecule has 0 fully saturated rings. The lowest BCUT2D eigenvalue weighted by Crippen LogP contribution is -2.39. The van der Waals surface area contributed by atoms with Crippen LogP contribution < -0.4 is 14.8 Å². The van der Waals surface area contributed by atoms with E-state index in [2.05, 4.69) is 12.2 Å². The quantitative estimate of drug-likeness (QED) is 0.531. The molecule has 3 rings (SSSR count). The van der Waals surface area contributed by atoms with Gasteiger partial charge in [-0.25, -0.2) is 9.48 Å². The van der Waals surface area contributed by atoms with Gasteiger partial charge in [0.1, 0.15) is 11.5 Å². The highest BCUT2D eigenvalue weighted by atomic mass is 16.5. The number of benzene rings is 2. The summed E-state index contributed by atoms with van der Waals surface area (Å²) in [4.78, 5) is 14.4. The van der Waals surface area contributed by atoms with Crippen LogP contribution in [0.1, 0.15) is 31.5 Å². The molecule has 164 valence electrons. The predicted molar refractivity (Wildman–Crippen MR) is 121 cm³/mol. The lowest BCUT2D eigenvalue weighted by molar-refractivity contribution is 0.195. The molecule has 0 aliphatic heterocycles. The van der Waals surface area contributed by atoms with E-state index in [1.165, 1.54) is 0 Å².